The second-order valence-electron chi connectivity index (χ2n) is 5.39. The highest BCUT2D eigenvalue weighted by Gasteiger charge is 2.37. The maximum Gasteiger partial charge on any atom is 0.239 e. The van der Waals surface area contributed by atoms with Crippen molar-refractivity contribution in [3.8, 4) is 0 Å². The minimum absolute atomic E-state index is 0.00539. The Morgan fingerprint density at radius 1 is 1.32 bits per heavy atom. The molecule has 5 heteroatoms. The highest BCUT2D eigenvalue weighted by molar-refractivity contribution is 6.30. The highest BCUT2D eigenvalue weighted by Crippen LogP contribution is 2.24. The van der Waals surface area contributed by atoms with Gasteiger partial charge in [0.05, 0.1) is 6.04 Å². The molecule has 2 unspecified atom stereocenters. The summed E-state index contributed by atoms with van der Waals surface area (Å²) in [6, 6.07) is 7.78. The molecular weight excluding hydrogens is 262 g/mol. The predicted octanol–water partition coefficient (Wildman–Crippen LogP) is 1.13. The minimum atomic E-state index is -0.00539. The number of nitrogens with one attached hydrogen (secondary N) is 1. The van der Waals surface area contributed by atoms with E-state index in [1.54, 1.807) is 0 Å². The summed E-state index contributed by atoms with van der Waals surface area (Å²) < 4.78 is 0. The number of hydrogen-bond donors (Lipinski definition) is 1. The first-order chi connectivity index (χ1) is 9.13. The summed E-state index contributed by atoms with van der Waals surface area (Å²) in [5.74, 6) is 0.128. The van der Waals surface area contributed by atoms with Crippen LogP contribution in [0, 0.1) is 0 Å². The van der Waals surface area contributed by atoms with E-state index in [9.17, 15) is 4.79 Å². The molecule has 4 nitrogen and oxygen atoms in total. The van der Waals surface area contributed by atoms with E-state index in [1.165, 1.54) is 0 Å². The number of amides is 1. The van der Waals surface area contributed by atoms with Crippen molar-refractivity contribution < 1.29 is 4.79 Å². The van der Waals surface area contributed by atoms with Crippen LogP contribution in [-0.2, 0) is 4.79 Å². The summed E-state index contributed by atoms with van der Waals surface area (Å²) in [7, 11) is 2.06. The predicted molar refractivity (Wildman–Crippen MR) is 75.2 cm³/mol. The molecule has 2 aliphatic heterocycles. The van der Waals surface area contributed by atoms with Gasteiger partial charge in [0.15, 0.2) is 0 Å². The smallest absolute Gasteiger partial charge is 0.239 e. The number of nitrogens with zero attached hydrogens (tertiary/aromatic N) is 2. The maximum atomic E-state index is 12.2. The van der Waals surface area contributed by atoms with Gasteiger partial charge < -0.3 is 10.2 Å². The van der Waals surface area contributed by atoms with Crippen LogP contribution in [0.1, 0.15) is 11.6 Å². The van der Waals surface area contributed by atoms with E-state index in [1.807, 2.05) is 24.3 Å². The Balaban J connectivity index is 1.79. The lowest BCUT2D eigenvalue weighted by Crippen LogP contribution is -2.63. The summed E-state index contributed by atoms with van der Waals surface area (Å²) in [4.78, 5) is 16.7. The molecule has 2 atom stereocenters. The number of rotatable bonds is 1. The molecule has 0 spiro atoms. The molecule has 0 saturated carbocycles. The van der Waals surface area contributed by atoms with Crippen molar-refractivity contribution in [1.29, 1.82) is 0 Å². The number of likely N-dealkylation sites (N-methyl/N-ethyl adjacent to an activating group) is 1. The molecule has 102 valence electrons. The lowest BCUT2D eigenvalue weighted by molar-refractivity contribution is -0.133. The van der Waals surface area contributed by atoms with E-state index in [0.717, 1.165) is 31.7 Å². The number of halogens is 1. The van der Waals surface area contributed by atoms with Crippen LogP contribution in [0.3, 0.4) is 0 Å². The van der Waals surface area contributed by atoms with Gasteiger partial charge in [-0.1, -0.05) is 23.7 Å². The third-order valence-corrected chi connectivity index (χ3v) is 4.22. The van der Waals surface area contributed by atoms with Crippen molar-refractivity contribution in [2.75, 3.05) is 33.2 Å². The molecule has 2 fully saturated rings. The summed E-state index contributed by atoms with van der Waals surface area (Å²) in [6.07, 6.45) is 0. The average molecular weight is 280 g/mol. The number of carbonyl (C=O) groups excluding carboxylic acids is 1. The van der Waals surface area contributed by atoms with Gasteiger partial charge in [0.2, 0.25) is 5.91 Å². The second-order valence-corrected chi connectivity index (χ2v) is 5.83. The molecular formula is C14H18ClN3O. The Hall–Kier alpha value is -1.10. The van der Waals surface area contributed by atoms with Gasteiger partial charge in [0, 0.05) is 31.2 Å². The molecule has 2 heterocycles. The minimum Gasteiger partial charge on any atom is -0.347 e. The van der Waals surface area contributed by atoms with Crippen LogP contribution in [-0.4, -0.2) is 55.0 Å². The molecule has 3 rings (SSSR count). The zero-order valence-electron chi connectivity index (χ0n) is 11.0. The van der Waals surface area contributed by atoms with Crippen LogP contribution in [0.15, 0.2) is 24.3 Å². The topological polar surface area (TPSA) is 35.6 Å². The summed E-state index contributed by atoms with van der Waals surface area (Å²) in [6.45, 7) is 3.65. The molecule has 19 heavy (non-hydrogen) atoms. The van der Waals surface area contributed by atoms with Crippen molar-refractivity contribution in [1.82, 2.24) is 15.1 Å². The fourth-order valence-electron chi connectivity index (χ4n) is 2.88. The number of piperazine rings is 2. The third-order valence-electron chi connectivity index (χ3n) is 3.98. The van der Waals surface area contributed by atoms with E-state index in [2.05, 4.69) is 22.2 Å². The van der Waals surface area contributed by atoms with E-state index in [-0.39, 0.29) is 18.0 Å². The van der Waals surface area contributed by atoms with Crippen LogP contribution in [0.25, 0.3) is 0 Å². The van der Waals surface area contributed by atoms with Crippen LogP contribution < -0.4 is 5.32 Å². The quantitative estimate of drug-likeness (QED) is 0.837. The Kier molecular flexibility index (Phi) is 3.48. The Bertz CT molecular complexity index is 493. The van der Waals surface area contributed by atoms with Gasteiger partial charge in [-0.2, -0.15) is 0 Å². The number of fused-ring (bicyclic) bond motifs is 1. The SMILES string of the molecule is CN1CCN2CC(c3cccc(Cl)c3)NC(=O)C2C1. The number of hydrogen-bond acceptors (Lipinski definition) is 3. The zero-order chi connectivity index (χ0) is 13.4. The van der Waals surface area contributed by atoms with Crippen molar-refractivity contribution in [3.63, 3.8) is 0 Å². The van der Waals surface area contributed by atoms with Gasteiger partial charge in [-0.15, -0.1) is 0 Å². The van der Waals surface area contributed by atoms with Crippen LogP contribution in [0.2, 0.25) is 5.02 Å². The zero-order valence-corrected chi connectivity index (χ0v) is 11.7. The van der Waals surface area contributed by atoms with Gasteiger partial charge in [0.1, 0.15) is 6.04 Å². The second kappa shape index (κ2) is 5.12. The molecule has 0 bridgehead atoms. The van der Waals surface area contributed by atoms with E-state index >= 15 is 0 Å². The molecule has 1 amide bonds. The lowest BCUT2D eigenvalue weighted by Gasteiger charge is -2.44. The monoisotopic (exact) mass is 279 g/mol. The maximum absolute atomic E-state index is 12.2. The van der Waals surface area contributed by atoms with Crippen LogP contribution in [0.4, 0.5) is 0 Å². The summed E-state index contributed by atoms with van der Waals surface area (Å²) >= 11 is 6.02. The summed E-state index contributed by atoms with van der Waals surface area (Å²) in [5.41, 5.74) is 1.08. The standard InChI is InChI=1S/C14H18ClN3O/c1-17-5-6-18-8-12(16-14(19)13(18)9-17)10-3-2-4-11(15)7-10/h2-4,7,12-13H,5-6,8-9H2,1H3,(H,16,19). The number of benzene rings is 1. The molecule has 1 aromatic rings. The third kappa shape index (κ3) is 2.61. The molecule has 1 aromatic carbocycles. The van der Waals surface area contributed by atoms with Crippen molar-refractivity contribution in [3.05, 3.63) is 34.9 Å². The van der Waals surface area contributed by atoms with E-state index in [4.69, 9.17) is 11.6 Å². The largest absolute Gasteiger partial charge is 0.347 e. The molecule has 0 radical (unpaired) electrons. The molecule has 2 saturated heterocycles. The number of carbonyl (C=O) groups is 1. The van der Waals surface area contributed by atoms with Crippen LogP contribution >= 0.6 is 11.6 Å². The van der Waals surface area contributed by atoms with Gasteiger partial charge in [0.25, 0.3) is 0 Å². The van der Waals surface area contributed by atoms with E-state index in [0.29, 0.717) is 5.02 Å². The molecule has 1 N–H and O–H groups in total. The fourth-order valence-corrected chi connectivity index (χ4v) is 3.08. The normalized spacial score (nSPS) is 28.8. The first-order valence-corrected chi connectivity index (χ1v) is 7.00. The Morgan fingerprint density at radius 2 is 2.16 bits per heavy atom. The molecule has 0 aliphatic carbocycles. The van der Waals surface area contributed by atoms with Crippen molar-refractivity contribution in [2.24, 2.45) is 0 Å². The average Bonchev–Trinajstić information content (AvgIpc) is 2.39. The van der Waals surface area contributed by atoms with Crippen molar-refractivity contribution in [2.45, 2.75) is 12.1 Å². The van der Waals surface area contributed by atoms with Gasteiger partial charge >= 0.3 is 0 Å². The van der Waals surface area contributed by atoms with Crippen molar-refractivity contribution >= 4 is 17.5 Å². The summed E-state index contributed by atoms with van der Waals surface area (Å²) in [5, 5.41) is 3.83. The highest BCUT2D eigenvalue weighted by atomic mass is 35.5. The molecule has 0 aromatic heterocycles. The molecule has 2 aliphatic rings. The fraction of sp³-hybridized carbons (Fsp3) is 0.500. The Morgan fingerprint density at radius 3 is 2.95 bits per heavy atom. The Labute approximate surface area is 118 Å². The van der Waals surface area contributed by atoms with Crippen LogP contribution in [0.5, 0.6) is 0 Å². The van der Waals surface area contributed by atoms with Gasteiger partial charge in [-0.05, 0) is 24.7 Å². The van der Waals surface area contributed by atoms with Gasteiger partial charge in [-0.25, -0.2) is 0 Å². The lowest BCUT2D eigenvalue weighted by atomic mass is 10.00. The van der Waals surface area contributed by atoms with Gasteiger partial charge in [-0.3, -0.25) is 9.69 Å². The van der Waals surface area contributed by atoms with E-state index < -0.39 is 0 Å². The first-order valence-electron chi connectivity index (χ1n) is 6.62. The first kappa shape index (κ1) is 12.9.